The Kier molecular flexibility index (Phi) is 4.38. The van der Waals surface area contributed by atoms with Gasteiger partial charge in [-0.2, -0.15) is 0 Å². The molecule has 1 aliphatic rings. The first-order valence-corrected chi connectivity index (χ1v) is 9.98. The first kappa shape index (κ1) is 16.7. The molecule has 1 atom stereocenters. The van der Waals surface area contributed by atoms with E-state index >= 15 is 0 Å². The van der Waals surface area contributed by atoms with Crippen molar-refractivity contribution in [1.29, 1.82) is 0 Å². The summed E-state index contributed by atoms with van der Waals surface area (Å²) in [5, 5.41) is 0.268. The van der Waals surface area contributed by atoms with Crippen molar-refractivity contribution in [1.82, 2.24) is 4.72 Å². The Bertz CT molecular complexity index is 761. The summed E-state index contributed by atoms with van der Waals surface area (Å²) in [6.45, 7) is 1.80. The van der Waals surface area contributed by atoms with Crippen molar-refractivity contribution in [2.45, 2.75) is 30.3 Å². The van der Waals surface area contributed by atoms with Gasteiger partial charge in [-0.25, -0.2) is 21.6 Å². The van der Waals surface area contributed by atoms with Crippen LogP contribution in [0.4, 0.5) is 0 Å². The van der Waals surface area contributed by atoms with E-state index < -0.39 is 25.4 Å². The minimum Gasteiger partial charge on any atom is -0.326 e. The van der Waals surface area contributed by atoms with Gasteiger partial charge >= 0.3 is 0 Å². The standard InChI is InChI=1S/C12H17ClN2O4S2/c1-12(4-5-20(16,17)8-12)15-21(18,19)10-3-2-9(7-14)11(13)6-10/h2-3,6,15H,4-5,7-8,14H2,1H3. The van der Waals surface area contributed by atoms with E-state index in [0.29, 0.717) is 5.56 Å². The lowest BCUT2D eigenvalue weighted by atomic mass is 10.0. The fraction of sp³-hybridized carbons (Fsp3) is 0.500. The SMILES string of the molecule is CC1(NS(=O)(=O)c2ccc(CN)c(Cl)c2)CCS(=O)(=O)C1. The lowest BCUT2D eigenvalue weighted by Gasteiger charge is -2.23. The average molecular weight is 353 g/mol. The van der Waals surface area contributed by atoms with Gasteiger partial charge in [0.05, 0.1) is 16.4 Å². The molecule has 2 rings (SSSR count). The maximum absolute atomic E-state index is 12.4. The van der Waals surface area contributed by atoms with Gasteiger partial charge in [-0.05, 0) is 31.0 Å². The number of benzene rings is 1. The molecule has 0 aromatic heterocycles. The molecule has 0 aliphatic carbocycles. The van der Waals surface area contributed by atoms with E-state index in [1.807, 2.05) is 0 Å². The molecule has 0 radical (unpaired) electrons. The van der Waals surface area contributed by atoms with Gasteiger partial charge in [-0.15, -0.1) is 0 Å². The zero-order valence-corrected chi connectivity index (χ0v) is 13.9. The normalized spacial score (nSPS) is 25.1. The number of hydrogen-bond acceptors (Lipinski definition) is 5. The lowest BCUT2D eigenvalue weighted by Crippen LogP contribution is -2.46. The smallest absolute Gasteiger partial charge is 0.241 e. The molecule has 0 spiro atoms. The Hall–Kier alpha value is -0.670. The van der Waals surface area contributed by atoms with Gasteiger partial charge in [0.15, 0.2) is 9.84 Å². The Morgan fingerprint density at radius 2 is 2.10 bits per heavy atom. The molecule has 1 aromatic carbocycles. The topological polar surface area (TPSA) is 106 Å². The van der Waals surface area contributed by atoms with Gasteiger partial charge in [0.1, 0.15) is 0 Å². The summed E-state index contributed by atoms with van der Waals surface area (Å²) in [5.41, 5.74) is 5.13. The summed E-state index contributed by atoms with van der Waals surface area (Å²) in [7, 11) is -7.04. The monoisotopic (exact) mass is 352 g/mol. The van der Waals surface area contributed by atoms with Crippen LogP contribution in [0.3, 0.4) is 0 Å². The molecule has 9 heteroatoms. The van der Waals surface area contributed by atoms with E-state index in [9.17, 15) is 16.8 Å². The highest BCUT2D eigenvalue weighted by Gasteiger charge is 2.41. The molecule has 0 amide bonds. The lowest BCUT2D eigenvalue weighted by molar-refractivity contribution is 0.462. The van der Waals surface area contributed by atoms with Crippen molar-refractivity contribution in [3.8, 4) is 0 Å². The van der Waals surface area contributed by atoms with E-state index in [0.717, 1.165) is 0 Å². The second kappa shape index (κ2) is 5.51. The van der Waals surface area contributed by atoms with Crippen LogP contribution in [0.1, 0.15) is 18.9 Å². The number of nitrogens with one attached hydrogen (secondary N) is 1. The number of halogens is 1. The minimum atomic E-state index is -3.84. The summed E-state index contributed by atoms with van der Waals surface area (Å²) in [6.07, 6.45) is 0.253. The molecule has 1 aliphatic heterocycles. The van der Waals surface area contributed by atoms with Crippen LogP contribution in [0, 0.1) is 0 Å². The maximum Gasteiger partial charge on any atom is 0.241 e. The number of sulfonamides is 1. The number of rotatable bonds is 4. The predicted molar refractivity (Wildman–Crippen MR) is 81.3 cm³/mol. The van der Waals surface area contributed by atoms with Gasteiger partial charge in [-0.1, -0.05) is 17.7 Å². The van der Waals surface area contributed by atoms with Gasteiger partial charge in [0.25, 0.3) is 0 Å². The van der Waals surface area contributed by atoms with Crippen LogP contribution in [0.5, 0.6) is 0 Å². The van der Waals surface area contributed by atoms with Crippen LogP contribution < -0.4 is 10.5 Å². The number of hydrogen-bond donors (Lipinski definition) is 2. The highest BCUT2D eigenvalue weighted by Crippen LogP contribution is 2.26. The number of nitrogens with two attached hydrogens (primary N) is 1. The molecule has 6 nitrogen and oxygen atoms in total. The van der Waals surface area contributed by atoms with Crippen molar-refractivity contribution in [3.63, 3.8) is 0 Å². The molecule has 0 saturated carbocycles. The highest BCUT2D eigenvalue weighted by atomic mass is 35.5. The van der Waals surface area contributed by atoms with Gasteiger partial charge < -0.3 is 5.73 Å². The Morgan fingerprint density at radius 1 is 1.43 bits per heavy atom. The zero-order chi connectivity index (χ0) is 15.9. The molecule has 118 valence electrons. The van der Waals surface area contributed by atoms with Crippen LogP contribution in [0.15, 0.2) is 23.1 Å². The van der Waals surface area contributed by atoms with E-state index in [1.165, 1.54) is 12.1 Å². The summed E-state index contributed by atoms with van der Waals surface area (Å²) in [4.78, 5) is -0.00442. The average Bonchev–Trinajstić information content (AvgIpc) is 2.62. The van der Waals surface area contributed by atoms with E-state index in [1.54, 1.807) is 13.0 Å². The summed E-state index contributed by atoms with van der Waals surface area (Å²) < 4.78 is 50.3. The minimum absolute atomic E-state index is 0.00442. The molecular weight excluding hydrogens is 336 g/mol. The molecule has 0 bridgehead atoms. The summed E-state index contributed by atoms with van der Waals surface area (Å²) in [5.74, 6) is -0.216. The van der Waals surface area contributed by atoms with Crippen molar-refractivity contribution in [2.75, 3.05) is 11.5 Å². The molecule has 1 saturated heterocycles. The Labute approximate surface area is 129 Å². The quantitative estimate of drug-likeness (QED) is 0.827. The van der Waals surface area contributed by atoms with Gasteiger partial charge in [-0.3, -0.25) is 0 Å². The first-order chi connectivity index (χ1) is 9.57. The first-order valence-electron chi connectivity index (χ1n) is 6.30. The molecule has 1 aromatic rings. The van der Waals surface area contributed by atoms with Gasteiger partial charge in [0, 0.05) is 17.1 Å². The molecule has 1 fully saturated rings. The summed E-state index contributed by atoms with van der Waals surface area (Å²) >= 11 is 5.96. The van der Waals surface area contributed by atoms with E-state index in [2.05, 4.69) is 4.72 Å². The third-order valence-corrected chi connectivity index (χ3v) is 7.33. The molecule has 1 heterocycles. The highest BCUT2D eigenvalue weighted by molar-refractivity contribution is 7.92. The van der Waals surface area contributed by atoms with Crippen LogP contribution in [-0.2, 0) is 26.4 Å². The summed E-state index contributed by atoms with van der Waals surface area (Å²) in [6, 6.07) is 4.27. The Balaban J connectivity index is 2.29. The van der Waals surface area contributed by atoms with Crippen molar-refractivity contribution >= 4 is 31.5 Å². The molecular formula is C12H17ClN2O4S2. The Morgan fingerprint density at radius 3 is 2.57 bits per heavy atom. The largest absolute Gasteiger partial charge is 0.326 e. The van der Waals surface area contributed by atoms with E-state index in [4.69, 9.17) is 17.3 Å². The number of sulfone groups is 1. The van der Waals surface area contributed by atoms with Crippen LogP contribution >= 0.6 is 11.6 Å². The molecule has 3 N–H and O–H groups in total. The van der Waals surface area contributed by atoms with E-state index in [-0.39, 0.29) is 34.4 Å². The second-order valence-corrected chi connectivity index (χ2v) is 9.74. The zero-order valence-electron chi connectivity index (χ0n) is 11.5. The second-order valence-electron chi connectivity index (χ2n) is 5.47. The predicted octanol–water partition coefficient (Wildman–Crippen LogP) is 0.654. The maximum atomic E-state index is 12.4. The molecule has 21 heavy (non-hydrogen) atoms. The van der Waals surface area contributed by atoms with Crippen molar-refractivity contribution < 1.29 is 16.8 Å². The fourth-order valence-corrected chi connectivity index (χ4v) is 6.30. The fourth-order valence-electron chi connectivity index (χ4n) is 2.34. The van der Waals surface area contributed by atoms with Crippen LogP contribution in [0.2, 0.25) is 5.02 Å². The van der Waals surface area contributed by atoms with Crippen LogP contribution in [-0.4, -0.2) is 33.9 Å². The van der Waals surface area contributed by atoms with Crippen molar-refractivity contribution in [2.24, 2.45) is 5.73 Å². The third-order valence-electron chi connectivity index (χ3n) is 3.44. The van der Waals surface area contributed by atoms with Crippen molar-refractivity contribution in [3.05, 3.63) is 28.8 Å². The third kappa shape index (κ3) is 3.75. The van der Waals surface area contributed by atoms with Crippen LogP contribution in [0.25, 0.3) is 0 Å². The molecule has 1 unspecified atom stereocenters. The van der Waals surface area contributed by atoms with Gasteiger partial charge in [0.2, 0.25) is 10.0 Å².